The molecule has 1 fully saturated rings. The maximum Gasteiger partial charge on any atom is 0.387 e. The Morgan fingerprint density at radius 2 is 1.95 bits per heavy atom. The molecule has 1 aliphatic carbocycles. The van der Waals surface area contributed by atoms with Gasteiger partial charge in [0, 0.05) is 13.2 Å². The monoisotopic (exact) mass is 301 g/mol. The van der Waals surface area contributed by atoms with Crippen molar-refractivity contribution in [2.24, 2.45) is 0 Å². The lowest BCUT2D eigenvalue weighted by Gasteiger charge is -2.32. The lowest BCUT2D eigenvalue weighted by Crippen LogP contribution is -2.37. The quantitative estimate of drug-likeness (QED) is 0.870. The summed E-state index contributed by atoms with van der Waals surface area (Å²) < 4.78 is 40.2. The van der Waals surface area contributed by atoms with Gasteiger partial charge in [-0.05, 0) is 25.0 Å². The van der Waals surface area contributed by atoms with Crippen LogP contribution >= 0.6 is 0 Å². The van der Waals surface area contributed by atoms with Gasteiger partial charge in [-0.15, -0.1) is 0 Å². The molecular weight excluding hydrogens is 280 g/mol. The van der Waals surface area contributed by atoms with E-state index in [-0.39, 0.29) is 17.9 Å². The summed E-state index contributed by atoms with van der Waals surface area (Å²) >= 11 is 0. The molecule has 2 atom stereocenters. The number of alkyl halides is 2. The number of hydrogen-bond acceptors (Lipinski definition) is 4. The highest BCUT2D eigenvalue weighted by Crippen LogP contribution is 2.33. The first-order chi connectivity index (χ1) is 10.1. The van der Waals surface area contributed by atoms with Crippen molar-refractivity contribution in [3.63, 3.8) is 0 Å². The fourth-order valence-corrected chi connectivity index (χ4v) is 2.69. The zero-order valence-corrected chi connectivity index (χ0v) is 12.3. The van der Waals surface area contributed by atoms with Gasteiger partial charge in [0.05, 0.1) is 24.9 Å². The highest BCUT2D eigenvalue weighted by molar-refractivity contribution is 5.60. The first-order valence-electron chi connectivity index (χ1n) is 7.06. The molecule has 4 nitrogen and oxygen atoms in total. The van der Waals surface area contributed by atoms with Crippen molar-refractivity contribution in [1.82, 2.24) is 0 Å². The number of halogens is 2. The van der Waals surface area contributed by atoms with E-state index in [1.807, 2.05) is 0 Å². The van der Waals surface area contributed by atoms with Crippen LogP contribution in [0, 0.1) is 0 Å². The highest BCUT2D eigenvalue weighted by Gasteiger charge is 2.26. The van der Waals surface area contributed by atoms with Gasteiger partial charge in [-0.25, -0.2) is 0 Å². The number of rotatable bonds is 6. The van der Waals surface area contributed by atoms with Crippen LogP contribution in [0.3, 0.4) is 0 Å². The number of nitrogens with one attached hydrogen (secondary N) is 1. The molecule has 21 heavy (non-hydrogen) atoms. The predicted molar refractivity (Wildman–Crippen MR) is 76.3 cm³/mol. The third-order valence-electron chi connectivity index (χ3n) is 3.75. The molecule has 0 spiro atoms. The van der Waals surface area contributed by atoms with Gasteiger partial charge in [0.15, 0.2) is 0 Å². The minimum absolute atomic E-state index is 0.0735. The van der Waals surface area contributed by atoms with E-state index >= 15 is 0 Å². The third-order valence-corrected chi connectivity index (χ3v) is 3.75. The number of methoxy groups -OCH3 is 2. The van der Waals surface area contributed by atoms with Gasteiger partial charge in [-0.1, -0.05) is 12.8 Å². The summed E-state index contributed by atoms with van der Waals surface area (Å²) in [5.41, 5.74) is 0.503. The van der Waals surface area contributed by atoms with Crippen LogP contribution in [0.2, 0.25) is 0 Å². The molecule has 2 rings (SSSR count). The summed E-state index contributed by atoms with van der Waals surface area (Å²) in [5, 5.41) is 3.27. The number of benzene rings is 1. The molecule has 118 valence electrons. The first-order valence-corrected chi connectivity index (χ1v) is 7.06. The predicted octanol–water partition coefficient (Wildman–Crippen LogP) is 3.67. The minimum Gasteiger partial charge on any atom is -0.497 e. The van der Waals surface area contributed by atoms with Crippen LogP contribution in [0.15, 0.2) is 18.2 Å². The Labute approximate surface area is 123 Å². The van der Waals surface area contributed by atoms with Crippen molar-refractivity contribution >= 4 is 5.69 Å². The third kappa shape index (κ3) is 4.20. The van der Waals surface area contributed by atoms with E-state index in [0.717, 1.165) is 25.7 Å². The molecule has 1 aromatic rings. The Balaban J connectivity index is 2.19. The van der Waals surface area contributed by atoms with Crippen molar-refractivity contribution < 1.29 is 23.0 Å². The van der Waals surface area contributed by atoms with Crippen LogP contribution in [0.5, 0.6) is 11.5 Å². The van der Waals surface area contributed by atoms with Crippen LogP contribution in [-0.4, -0.2) is 33.0 Å². The molecule has 0 amide bonds. The van der Waals surface area contributed by atoms with E-state index in [9.17, 15) is 8.78 Å². The lowest BCUT2D eigenvalue weighted by molar-refractivity contribution is -0.0494. The van der Waals surface area contributed by atoms with Gasteiger partial charge in [0.1, 0.15) is 11.5 Å². The van der Waals surface area contributed by atoms with Crippen molar-refractivity contribution in [3.8, 4) is 11.5 Å². The van der Waals surface area contributed by atoms with E-state index in [1.54, 1.807) is 19.2 Å². The Hall–Kier alpha value is -1.56. The Morgan fingerprint density at radius 3 is 2.62 bits per heavy atom. The Bertz CT molecular complexity index is 457. The van der Waals surface area contributed by atoms with Crippen LogP contribution in [0.1, 0.15) is 25.7 Å². The molecule has 2 unspecified atom stereocenters. The zero-order chi connectivity index (χ0) is 15.2. The summed E-state index contributed by atoms with van der Waals surface area (Å²) in [6.07, 6.45) is 4.18. The van der Waals surface area contributed by atoms with Gasteiger partial charge in [0.25, 0.3) is 0 Å². The Morgan fingerprint density at radius 1 is 1.19 bits per heavy atom. The second kappa shape index (κ2) is 7.45. The van der Waals surface area contributed by atoms with E-state index in [4.69, 9.17) is 9.47 Å². The summed E-state index contributed by atoms with van der Waals surface area (Å²) in [5.74, 6) is 0.704. The van der Waals surface area contributed by atoms with Crippen LogP contribution < -0.4 is 14.8 Å². The van der Waals surface area contributed by atoms with Crippen molar-refractivity contribution in [2.75, 3.05) is 19.5 Å². The van der Waals surface area contributed by atoms with Crippen LogP contribution in [0.4, 0.5) is 14.5 Å². The molecule has 0 radical (unpaired) electrons. The highest BCUT2D eigenvalue weighted by atomic mass is 19.3. The fourth-order valence-electron chi connectivity index (χ4n) is 2.69. The number of anilines is 1. The molecule has 0 saturated heterocycles. The molecule has 0 aromatic heterocycles. The van der Waals surface area contributed by atoms with Gasteiger partial charge >= 0.3 is 6.61 Å². The molecule has 1 aliphatic rings. The average molecular weight is 301 g/mol. The smallest absolute Gasteiger partial charge is 0.387 e. The average Bonchev–Trinajstić information content (AvgIpc) is 2.49. The fraction of sp³-hybridized carbons (Fsp3) is 0.600. The van der Waals surface area contributed by atoms with Crippen molar-refractivity contribution in [3.05, 3.63) is 18.2 Å². The summed E-state index contributed by atoms with van der Waals surface area (Å²) in [4.78, 5) is 0. The summed E-state index contributed by atoms with van der Waals surface area (Å²) in [7, 11) is 3.21. The minimum atomic E-state index is -2.86. The van der Waals surface area contributed by atoms with Crippen LogP contribution in [-0.2, 0) is 4.74 Å². The van der Waals surface area contributed by atoms with Gasteiger partial charge in [-0.3, -0.25) is 0 Å². The van der Waals surface area contributed by atoms with Gasteiger partial charge in [-0.2, -0.15) is 8.78 Å². The van der Waals surface area contributed by atoms with Gasteiger partial charge < -0.3 is 19.5 Å². The maximum atomic E-state index is 12.5. The molecule has 6 heteroatoms. The van der Waals surface area contributed by atoms with Crippen molar-refractivity contribution in [1.29, 1.82) is 0 Å². The lowest BCUT2D eigenvalue weighted by atomic mass is 9.92. The molecule has 1 saturated carbocycles. The molecule has 0 heterocycles. The number of ether oxygens (including phenoxy) is 3. The van der Waals surface area contributed by atoms with Gasteiger partial charge in [0.2, 0.25) is 0 Å². The molecule has 0 aliphatic heterocycles. The van der Waals surface area contributed by atoms with E-state index < -0.39 is 6.61 Å². The second-order valence-corrected chi connectivity index (χ2v) is 5.05. The van der Waals surface area contributed by atoms with E-state index in [2.05, 4.69) is 10.1 Å². The zero-order valence-electron chi connectivity index (χ0n) is 12.3. The van der Waals surface area contributed by atoms with Crippen LogP contribution in [0.25, 0.3) is 0 Å². The normalized spacial score (nSPS) is 22.1. The molecular formula is C15H21F2NO3. The first kappa shape index (κ1) is 15.8. The standard InChI is InChI=1S/C15H21F2NO3/c1-19-10-7-8-14(21-15(16)17)12(9-10)18-11-5-3-4-6-13(11)20-2/h7-9,11,13,15,18H,3-6H2,1-2H3. The summed E-state index contributed by atoms with van der Waals surface area (Å²) in [6.45, 7) is -2.86. The topological polar surface area (TPSA) is 39.7 Å². The largest absolute Gasteiger partial charge is 0.497 e. The molecule has 1 aromatic carbocycles. The SMILES string of the molecule is COc1ccc(OC(F)F)c(NC2CCCCC2OC)c1. The van der Waals surface area contributed by atoms with E-state index in [0.29, 0.717) is 11.4 Å². The maximum absolute atomic E-state index is 12.5. The van der Waals surface area contributed by atoms with Crippen molar-refractivity contribution in [2.45, 2.75) is 44.4 Å². The molecule has 1 N–H and O–H groups in total. The second-order valence-electron chi connectivity index (χ2n) is 5.05. The van der Waals surface area contributed by atoms with E-state index in [1.165, 1.54) is 13.2 Å². The number of hydrogen-bond donors (Lipinski definition) is 1. The summed E-state index contributed by atoms with van der Waals surface area (Å²) in [6, 6.07) is 4.82. The molecule has 0 bridgehead atoms. The Kier molecular flexibility index (Phi) is 5.61.